The average molecular weight is 241 g/mol. The molecule has 6 heteroatoms. The van der Waals surface area contributed by atoms with Crippen LogP contribution in [0.15, 0.2) is 18.2 Å². The topological polar surface area (TPSA) is 81.8 Å². The van der Waals surface area contributed by atoms with Gasteiger partial charge in [0.1, 0.15) is 13.2 Å². The predicted molar refractivity (Wildman–Crippen MR) is 61.5 cm³/mol. The fourth-order valence-corrected chi connectivity index (χ4v) is 1.15. The molecule has 0 radical (unpaired) electrons. The van der Waals surface area contributed by atoms with E-state index in [0.717, 1.165) is 6.42 Å². The van der Waals surface area contributed by atoms with E-state index >= 15 is 0 Å². The number of fused-ring (bicyclic) bond motifs is 1. The highest BCUT2D eigenvalue weighted by atomic mass is 16.6. The van der Waals surface area contributed by atoms with Gasteiger partial charge in [0.2, 0.25) is 0 Å². The van der Waals surface area contributed by atoms with E-state index in [2.05, 4.69) is 0 Å². The van der Waals surface area contributed by atoms with Crippen LogP contribution in [0.4, 0.5) is 5.69 Å². The molecular formula is C11H15NO5. The Hall–Kier alpha value is -1.82. The molecule has 0 amide bonds. The Kier molecular flexibility index (Phi) is 5.22. The molecule has 1 N–H and O–H groups in total. The molecule has 2 rings (SSSR count). The average Bonchev–Trinajstić information content (AvgIpc) is 2.38. The minimum atomic E-state index is -0.460. The Morgan fingerprint density at radius 2 is 1.94 bits per heavy atom. The van der Waals surface area contributed by atoms with Gasteiger partial charge in [-0.2, -0.15) is 0 Å². The Morgan fingerprint density at radius 3 is 2.47 bits per heavy atom. The zero-order valence-electron chi connectivity index (χ0n) is 9.59. The minimum Gasteiger partial charge on any atom is -0.486 e. The Balaban J connectivity index is 0.000000317. The molecule has 0 saturated heterocycles. The highest BCUT2D eigenvalue weighted by Gasteiger charge is 2.15. The van der Waals surface area contributed by atoms with E-state index in [1.54, 1.807) is 6.07 Å². The minimum absolute atomic E-state index is 0.0178. The number of hydrogen-bond donors (Lipinski definition) is 1. The van der Waals surface area contributed by atoms with Crippen molar-refractivity contribution in [1.29, 1.82) is 0 Å². The number of hydrogen-bond acceptors (Lipinski definition) is 5. The molecule has 17 heavy (non-hydrogen) atoms. The summed E-state index contributed by atoms with van der Waals surface area (Å²) >= 11 is 0. The molecule has 1 aliphatic heterocycles. The molecule has 0 aromatic heterocycles. The monoisotopic (exact) mass is 241 g/mol. The lowest BCUT2D eigenvalue weighted by Gasteiger charge is -2.17. The number of non-ortho nitro benzene ring substituents is 1. The molecule has 0 aliphatic carbocycles. The number of benzene rings is 1. The van der Waals surface area contributed by atoms with Crippen molar-refractivity contribution in [1.82, 2.24) is 0 Å². The van der Waals surface area contributed by atoms with Gasteiger partial charge in [0.25, 0.3) is 5.69 Å². The van der Waals surface area contributed by atoms with E-state index in [9.17, 15) is 10.1 Å². The summed E-state index contributed by atoms with van der Waals surface area (Å²) in [7, 11) is 0. The summed E-state index contributed by atoms with van der Waals surface area (Å²) in [5, 5.41) is 18.3. The Bertz CT molecular complexity index is 378. The molecule has 0 bridgehead atoms. The highest BCUT2D eigenvalue weighted by Crippen LogP contribution is 2.33. The van der Waals surface area contributed by atoms with Gasteiger partial charge in [0.15, 0.2) is 11.5 Å². The molecular weight excluding hydrogens is 226 g/mol. The first-order valence-corrected chi connectivity index (χ1v) is 5.34. The summed E-state index contributed by atoms with van der Waals surface area (Å²) in [6, 6.07) is 4.31. The summed E-state index contributed by atoms with van der Waals surface area (Å²) in [5.74, 6) is 1.01. The van der Waals surface area contributed by atoms with Crippen molar-refractivity contribution in [3.05, 3.63) is 28.3 Å². The third-order valence-electron chi connectivity index (χ3n) is 1.96. The van der Waals surface area contributed by atoms with Crippen molar-refractivity contribution in [3.63, 3.8) is 0 Å². The van der Waals surface area contributed by atoms with Crippen LogP contribution in [-0.4, -0.2) is 29.9 Å². The molecule has 0 unspecified atom stereocenters. The lowest BCUT2D eigenvalue weighted by Crippen LogP contribution is -2.15. The van der Waals surface area contributed by atoms with Gasteiger partial charge in [0.05, 0.1) is 11.0 Å². The predicted octanol–water partition coefficient (Wildman–Crippen LogP) is 1.75. The quantitative estimate of drug-likeness (QED) is 0.630. The lowest BCUT2D eigenvalue weighted by atomic mass is 10.2. The summed E-state index contributed by atoms with van der Waals surface area (Å²) in [6.07, 6.45) is 0.875. The second kappa shape index (κ2) is 6.70. The lowest BCUT2D eigenvalue weighted by molar-refractivity contribution is -0.385. The van der Waals surface area contributed by atoms with E-state index < -0.39 is 4.92 Å². The van der Waals surface area contributed by atoms with E-state index in [1.807, 2.05) is 6.92 Å². The normalized spacial score (nSPS) is 12.4. The molecule has 1 aromatic rings. The second-order valence-corrected chi connectivity index (χ2v) is 3.31. The van der Waals surface area contributed by atoms with Crippen LogP contribution in [0.1, 0.15) is 13.3 Å². The Morgan fingerprint density at radius 1 is 1.35 bits per heavy atom. The number of aliphatic hydroxyl groups is 1. The third-order valence-corrected chi connectivity index (χ3v) is 1.96. The van der Waals surface area contributed by atoms with E-state index in [4.69, 9.17) is 14.6 Å². The Labute approximate surface area is 98.9 Å². The fraction of sp³-hybridized carbons (Fsp3) is 0.455. The number of nitrogens with zero attached hydrogens (tertiary/aromatic N) is 1. The van der Waals surface area contributed by atoms with Crippen LogP contribution in [0.3, 0.4) is 0 Å². The largest absolute Gasteiger partial charge is 0.486 e. The van der Waals surface area contributed by atoms with Gasteiger partial charge in [0, 0.05) is 12.7 Å². The number of ether oxygens (including phenoxy) is 2. The summed E-state index contributed by atoms with van der Waals surface area (Å²) < 4.78 is 10.4. The zero-order chi connectivity index (χ0) is 12.7. The zero-order valence-corrected chi connectivity index (χ0v) is 9.59. The fourth-order valence-electron chi connectivity index (χ4n) is 1.15. The van der Waals surface area contributed by atoms with Gasteiger partial charge in [-0.25, -0.2) is 0 Å². The first kappa shape index (κ1) is 13.2. The maximum atomic E-state index is 10.4. The second-order valence-electron chi connectivity index (χ2n) is 3.31. The third kappa shape index (κ3) is 3.92. The maximum absolute atomic E-state index is 10.4. The van der Waals surface area contributed by atoms with Gasteiger partial charge in [-0.1, -0.05) is 6.92 Å². The maximum Gasteiger partial charge on any atom is 0.273 e. The van der Waals surface area contributed by atoms with Gasteiger partial charge in [-0.15, -0.1) is 0 Å². The molecule has 0 fully saturated rings. The molecule has 6 nitrogen and oxygen atoms in total. The van der Waals surface area contributed by atoms with Crippen molar-refractivity contribution < 1.29 is 19.5 Å². The van der Waals surface area contributed by atoms with Crippen LogP contribution in [0.25, 0.3) is 0 Å². The number of nitro groups is 1. The molecule has 0 saturated carbocycles. The van der Waals surface area contributed by atoms with Crippen molar-refractivity contribution in [2.24, 2.45) is 0 Å². The number of aliphatic hydroxyl groups excluding tert-OH is 1. The molecule has 1 heterocycles. The summed E-state index contributed by atoms with van der Waals surface area (Å²) in [5.41, 5.74) is 0.0178. The van der Waals surface area contributed by atoms with Crippen LogP contribution in [0.5, 0.6) is 11.5 Å². The first-order valence-electron chi connectivity index (χ1n) is 5.34. The molecule has 0 spiro atoms. The van der Waals surface area contributed by atoms with Crippen LogP contribution < -0.4 is 9.47 Å². The van der Waals surface area contributed by atoms with Crippen molar-refractivity contribution in [3.8, 4) is 11.5 Å². The molecule has 94 valence electrons. The van der Waals surface area contributed by atoms with Crippen LogP contribution >= 0.6 is 0 Å². The van der Waals surface area contributed by atoms with Gasteiger partial charge in [-0.3, -0.25) is 10.1 Å². The van der Waals surface area contributed by atoms with Crippen molar-refractivity contribution >= 4 is 5.69 Å². The van der Waals surface area contributed by atoms with E-state index in [-0.39, 0.29) is 5.69 Å². The first-order chi connectivity index (χ1) is 8.19. The van der Waals surface area contributed by atoms with E-state index in [0.29, 0.717) is 31.3 Å². The number of nitro benzene ring substituents is 1. The SMILES string of the molecule is CCCO.O=[N+]([O-])c1ccc2c(c1)OCCO2. The van der Waals surface area contributed by atoms with Gasteiger partial charge >= 0.3 is 0 Å². The van der Waals surface area contributed by atoms with E-state index in [1.165, 1.54) is 12.1 Å². The van der Waals surface area contributed by atoms with Crippen LogP contribution in [0.2, 0.25) is 0 Å². The highest BCUT2D eigenvalue weighted by molar-refractivity contribution is 5.49. The summed E-state index contributed by atoms with van der Waals surface area (Å²) in [4.78, 5) is 9.94. The smallest absolute Gasteiger partial charge is 0.273 e. The molecule has 0 atom stereocenters. The summed E-state index contributed by atoms with van der Waals surface area (Å²) in [6.45, 7) is 3.18. The molecule has 1 aliphatic rings. The standard InChI is InChI=1S/C8H7NO4.C3H8O/c10-9(11)6-1-2-7-8(5-6)13-4-3-12-7;1-2-3-4/h1-2,5H,3-4H2;4H,2-3H2,1H3. The van der Waals surface area contributed by atoms with Crippen LogP contribution in [0, 0.1) is 10.1 Å². The van der Waals surface area contributed by atoms with Crippen LogP contribution in [-0.2, 0) is 0 Å². The van der Waals surface area contributed by atoms with Crippen molar-refractivity contribution in [2.45, 2.75) is 13.3 Å². The van der Waals surface area contributed by atoms with Crippen molar-refractivity contribution in [2.75, 3.05) is 19.8 Å². The molecule has 1 aromatic carbocycles. The van der Waals surface area contributed by atoms with Gasteiger partial charge in [-0.05, 0) is 12.5 Å². The van der Waals surface area contributed by atoms with Gasteiger partial charge < -0.3 is 14.6 Å². The number of rotatable bonds is 2.